The zero-order valence-electron chi connectivity index (χ0n) is 17.9. The summed E-state index contributed by atoms with van der Waals surface area (Å²) >= 11 is 5.79. The fourth-order valence-corrected chi connectivity index (χ4v) is 3.77. The summed E-state index contributed by atoms with van der Waals surface area (Å²) in [6.45, 7) is 1.81. The predicted octanol–water partition coefficient (Wildman–Crippen LogP) is 6.18. The summed E-state index contributed by atoms with van der Waals surface area (Å²) in [4.78, 5) is 22.0. The van der Waals surface area contributed by atoms with E-state index in [9.17, 15) is 18.0 Å². The molecule has 0 aliphatic carbocycles. The van der Waals surface area contributed by atoms with Crippen molar-refractivity contribution in [3.63, 3.8) is 0 Å². The summed E-state index contributed by atoms with van der Waals surface area (Å²) in [5.41, 5.74) is -0.0766. The van der Waals surface area contributed by atoms with Crippen LogP contribution in [0.15, 0.2) is 54.9 Å². The van der Waals surface area contributed by atoms with Gasteiger partial charge in [-0.1, -0.05) is 17.7 Å². The smallest absolute Gasteiger partial charge is 0.416 e. The van der Waals surface area contributed by atoms with Crippen molar-refractivity contribution in [2.45, 2.75) is 25.6 Å². The molecule has 2 N–H and O–H groups in total. The normalized spacial score (nSPS) is 14.1. The first-order valence-corrected chi connectivity index (χ1v) is 10.9. The Labute approximate surface area is 198 Å². The Morgan fingerprint density at radius 3 is 2.35 bits per heavy atom. The average Bonchev–Trinajstić information content (AvgIpc) is 3.29. The lowest BCUT2D eigenvalue weighted by atomic mass is 10.1. The molecule has 1 aromatic heterocycles. The van der Waals surface area contributed by atoms with Crippen molar-refractivity contribution < 1.29 is 22.7 Å². The number of aromatic nitrogens is 2. The van der Waals surface area contributed by atoms with Crippen molar-refractivity contribution in [3.8, 4) is 11.6 Å². The summed E-state index contributed by atoms with van der Waals surface area (Å²) in [6, 6.07) is 11.0. The fraction of sp³-hybridized carbons (Fsp3) is 0.261. The van der Waals surface area contributed by atoms with Gasteiger partial charge in [0.25, 0.3) is 0 Å². The number of carbonyl (C=O) groups excluding carboxylic acids is 1. The zero-order valence-corrected chi connectivity index (χ0v) is 18.7. The van der Waals surface area contributed by atoms with Crippen molar-refractivity contribution in [3.05, 3.63) is 71.1 Å². The van der Waals surface area contributed by atoms with E-state index < -0.39 is 17.8 Å². The Morgan fingerprint density at radius 1 is 1.00 bits per heavy atom. The third-order valence-corrected chi connectivity index (χ3v) is 5.42. The Bertz CT molecular complexity index is 1150. The summed E-state index contributed by atoms with van der Waals surface area (Å²) in [6.07, 6.45) is -1.28. The molecule has 3 aromatic rings. The van der Waals surface area contributed by atoms with Crippen molar-refractivity contribution in [2.24, 2.45) is 0 Å². The van der Waals surface area contributed by atoms with Crippen LogP contribution in [0.3, 0.4) is 0 Å². The number of amides is 2. The molecule has 0 bridgehead atoms. The van der Waals surface area contributed by atoms with E-state index in [2.05, 4.69) is 20.6 Å². The van der Waals surface area contributed by atoms with Gasteiger partial charge in [-0.15, -0.1) is 0 Å². The number of urea groups is 1. The lowest BCUT2D eigenvalue weighted by molar-refractivity contribution is -0.138. The molecule has 0 radical (unpaired) electrons. The molecule has 0 saturated carbocycles. The SMILES string of the molecule is O=C(Nc1ccc(Oc2cc(Cl)ncn2)cc1)Nc1ccc(CN2CCCC2)c(C(F)(F)F)c1. The number of nitrogens with zero attached hydrogens (tertiary/aromatic N) is 3. The quantitative estimate of drug-likeness (QED) is 0.402. The van der Waals surface area contributed by atoms with E-state index in [0.29, 0.717) is 11.4 Å². The van der Waals surface area contributed by atoms with Gasteiger partial charge < -0.3 is 15.4 Å². The summed E-state index contributed by atoms with van der Waals surface area (Å²) in [5.74, 6) is 0.705. The highest BCUT2D eigenvalue weighted by atomic mass is 35.5. The molecule has 4 rings (SSSR count). The minimum atomic E-state index is -4.52. The van der Waals surface area contributed by atoms with Crippen molar-refractivity contribution in [1.29, 1.82) is 0 Å². The number of carbonyl (C=O) groups is 1. The van der Waals surface area contributed by atoms with Crippen molar-refractivity contribution in [1.82, 2.24) is 14.9 Å². The minimum absolute atomic E-state index is 0.0515. The number of hydrogen-bond acceptors (Lipinski definition) is 5. The van der Waals surface area contributed by atoms with Gasteiger partial charge in [0.1, 0.15) is 17.2 Å². The van der Waals surface area contributed by atoms with E-state index in [4.69, 9.17) is 16.3 Å². The molecule has 1 aliphatic rings. The molecule has 34 heavy (non-hydrogen) atoms. The van der Waals surface area contributed by atoms with Gasteiger partial charge in [-0.3, -0.25) is 4.90 Å². The second-order valence-electron chi connectivity index (χ2n) is 7.74. The van der Waals surface area contributed by atoms with Crippen LogP contribution in [0.1, 0.15) is 24.0 Å². The van der Waals surface area contributed by atoms with Gasteiger partial charge >= 0.3 is 12.2 Å². The molecule has 1 fully saturated rings. The second kappa shape index (κ2) is 10.3. The highest BCUT2D eigenvalue weighted by molar-refractivity contribution is 6.29. The number of benzene rings is 2. The van der Waals surface area contributed by atoms with Crippen LogP contribution in [0, 0.1) is 0 Å². The zero-order chi connectivity index (χ0) is 24.1. The molecule has 2 aromatic carbocycles. The van der Waals surface area contributed by atoms with E-state index >= 15 is 0 Å². The van der Waals surface area contributed by atoms with E-state index in [-0.39, 0.29) is 28.8 Å². The fourth-order valence-electron chi connectivity index (χ4n) is 3.63. The first-order chi connectivity index (χ1) is 16.3. The van der Waals surface area contributed by atoms with E-state index in [1.807, 2.05) is 4.90 Å². The van der Waals surface area contributed by atoms with E-state index in [1.54, 1.807) is 24.3 Å². The molecule has 7 nitrogen and oxygen atoms in total. The van der Waals surface area contributed by atoms with Crippen molar-refractivity contribution in [2.75, 3.05) is 23.7 Å². The van der Waals surface area contributed by atoms with Gasteiger partial charge in [0.15, 0.2) is 0 Å². The lowest BCUT2D eigenvalue weighted by Gasteiger charge is -2.20. The summed E-state index contributed by atoms with van der Waals surface area (Å²) in [7, 11) is 0. The summed E-state index contributed by atoms with van der Waals surface area (Å²) in [5, 5.41) is 5.27. The third-order valence-electron chi connectivity index (χ3n) is 5.21. The number of ether oxygens (including phenoxy) is 1. The van der Waals surface area contributed by atoms with Crippen LogP contribution in [0.25, 0.3) is 0 Å². The average molecular weight is 492 g/mol. The van der Waals surface area contributed by atoms with Crippen LogP contribution in [0.2, 0.25) is 5.15 Å². The molecule has 0 unspecified atom stereocenters. The molecule has 178 valence electrons. The number of alkyl halides is 3. The van der Waals surface area contributed by atoms with E-state index in [0.717, 1.165) is 32.0 Å². The minimum Gasteiger partial charge on any atom is -0.439 e. The maximum Gasteiger partial charge on any atom is 0.416 e. The van der Waals surface area contributed by atoms with Gasteiger partial charge in [0.2, 0.25) is 5.88 Å². The topological polar surface area (TPSA) is 79.4 Å². The number of hydrogen-bond donors (Lipinski definition) is 2. The standard InChI is InChI=1S/C23H21ClF3N5O2/c24-20-12-21(29-14-28-20)34-18-7-5-16(6-8-18)30-22(33)31-17-4-3-15(13-32-9-1-2-10-32)19(11-17)23(25,26)27/h3-8,11-12,14H,1-2,9-10,13H2,(H2,30,31,33). The maximum atomic E-state index is 13.6. The molecule has 11 heteroatoms. The van der Waals surface area contributed by atoms with Crippen LogP contribution < -0.4 is 15.4 Å². The first-order valence-electron chi connectivity index (χ1n) is 10.5. The Hall–Kier alpha value is -3.37. The Balaban J connectivity index is 1.39. The molecule has 1 saturated heterocycles. The molecule has 2 heterocycles. The molecular formula is C23H21ClF3N5O2. The molecule has 0 atom stereocenters. The maximum absolute atomic E-state index is 13.6. The first kappa shape index (κ1) is 23.8. The summed E-state index contributed by atoms with van der Waals surface area (Å²) < 4.78 is 46.4. The third kappa shape index (κ3) is 6.36. The van der Waals surface area contributed by atoms with Gasteiger partial charge in [-0.05, 0) is 67.9 Å². The van der Waals surface area contributed by atoms with Crippen molar-refractivity contribution >= 4 is 29.0 Å². The molecule has 1 aliphatic heterocycles. The Kier molecular flexibility index (Phi) is 7.18. The molecular weight excluding hydrogens is 471 g/mol. The number of nitrogens with one attached hydrogen (secondary N) is 2. The molecule has 0 spiro atoms. The van der Waals surface area contributed by atoms with Gasteiger partial charge in [-0.25, -0.2) is 14.8 Å². The Morgan fingerprint density at radius 2 is 1.68 bits per heavy atom. The monoisotopic (exact) mass is 491 g/mol. The van der Waals surface area contributed by atoms with Gasteiger partial charge in [-0.2, -0.15) is 13.2 Å². The van der Waals surface area contributed by atoms with Crippen LogP contribution in [0.5, 0.6) is 11.6 Å². The molecule has 2 amide bonds. The van der Waals surface area contributed by atoms with Gasteiger partial charge in [0.05, 0.1) is 5.56 Å². The number of rotatable bonds is 6. The second-order valence-corrected chi connectivity index (χ2v) is 8.12. The highest BCUT2D eigenvalue weighted by Crippen LogP contribution is 2.35. The van der Waals surface area contributed by atoms with E-state index in [1.165, 1.54) is 24.5 Å². The number of anilines is 2. The number of likely N-dealkylation sites (tertiary alicyclic amines) is 1. The van der Waals surface area contributed by atoms with Crippen LogP contribution in [-0.4, -0.2) is 34.0 Å². The predicted molar refractivity (Wildman–Crippen MR) is 122 cm³/mol. The lowest BCUT2D eigenvalue weighted by Crippen LogP contribution is -2.22. The number of halogens is 4. The van der Waals surface area contributed by atoms with Crippen LogP contribution >= 0.6 is 11.6 Å². The highest BCUT2D eigenvalue weighted by Gasteiger charge is 2.34. The van der Waals surface area contributed by atoms with Gasteiger partial charge in [0, 0.05) is 24.0 Å². The largest absolute Gasteiger partial charge is 0.439 e. The van der Waals surface area contributed by atoms with Crippen LogP contribution in [0.4, 0.5) is 29.3 Å². The van der Waals surface area contributed by atoms with Crippen LogP contribution in [-0.2, 0) is 12.7 Å².